The highest BCUT2D eigenvalue weighted by Crippen LogP contribution is 2.35. The van der Waals surface area contributed by atoms with Crippen molar-refractivity contribution in [2.45, 2.75) is 13.3 Å². The predicted octanol–water partition coefficient (Wildman–Crippen LogP) is 4.94. The van der Waals surface area contributed by atoms with Crippen LogP contribution in [0.1, 0.15) is 31.3 Å². The van der Waals surface area contributed by atoms with Gasteiger partial charge in [0.15, 0.2) is 0 Å². The van der Waals surface area contributed by atoms with E-state index in [-0.39, 0.29) is 11.8 Å². The first-order valence-corrected chi connectivity index (χ1v) is 14.7. The average Bonchev–Trinajstić information content (AvgIpc) is 3.63. The summed E-state index contributed by atoms with van der Waals surface area (Å²) < 4.78 is 2.13. The van der Waals surface area contributed by atoms with E-state index in [0.29, 0.717) is 44.2 Å². The minimum absolute atomic E-state index is 0.0420. The Morgan fingerprint density at radius 3 is 2.46 bits per heavy atom. The van der Waals surface area contributed by atoms with E-state index in [0.717, 1.165) is 39.7 Å². The fraction of sp³-hybridized carbons (Fsp3) is 0.250. The number of aryl methyl sites for hydroxylation is 2. The van der Waals surface area contributed by atoms with Gasteiger partial charge in [0.05, 0.1) is 23.7 Å². The maximum Gasteiger partial charge on any atom is 0.271 e. The number of nitrogens with one attached hydrogen (secondary N) is 1. The van der Waals surface area contributed by atoms with E-state index >= 15 is 0 Å². The molecule has 1 fully saturated rings. The minimum atomic E-state index is -0.226. The number of hydrogen-bond acceptors (Lipinski definition) is 6. The van der Waals surface area contributed by atoms with Crippen LogP contribution in [0.4, 0.5) is 5.82 Å². The van der Waals surface area contributed by atoms with Crippen molar-refractivity contribution in [3.8, 4) is 11.3 Å². The molecule has 3 aromatic heterocycles. The van der Waals surface area contributed by atoms with Crippen LogP contribution in [0.3, 0.4) is 0 Å². The van der Waals surface area contributed by atoms with Crippen LogP contribution in [-0.4, -0.2) is 64.0 Å². The van der Waals surface area contributed by atoms with Crippen molar-refractivity contribution in [1.82, 2.24) is 24.8 Å². The largest absolute Gasteiger partial charge is 0.352 e. The minimum Gasteiger partial charge on any atom is -0.352 e. The quantitative estimate of drug-likeness (QED) is 0.303. The molecule has 0 unspecified atom stereocenters. The number of thiophene rings is 1. The van der Waals surface area contributed by atoms with Crippen LogP contribution in [0.25, 0.3) is 22.2 Å². The summed E-state index contributed by atoms with van der Waals surface area (Å²) in [5, 5.41) is 5.92. The Kier molecular flexibility index (Phi) is 7.52. The number of benzene rings is 2. The monoisotopic (exact) mass is 564 g/mol. The molecular formula is C32H32N6O2S. The van der Waals surface area contributed by atoms with Crippen LogP contribution in [-0.2, 0) is 13.5 Å². The van der Waals surface area contributed by atoms with Gasteiger partial charge in [-0.05, 0) is 42.5 Å². The third kappa shape index (κ3) is 5.45. The van der Waals surface area contributed by atoms with Crippen LogP contribution in [0.5, 0.6) is 0 Å². The third-order valence-electron chi connectivity index (χ3n) is 7.61. The molecule has 2 amide bonds. The zero-order valence-electron chi connectivity index (χ0n) is 23.2. The topological polar surface area (TPSA) is 83.4 Å². The van der Waals surface area contributed by atoms with Gasteiger partial charge >= 0.3 is 0 Å². The highest BCUT2D eigenvalue weighted by molar-refractivity contribution is 7.09. The SMILES string of the molecule is Cc1ccc2c(c1)c(C(=O)N1CCN(c3cnc(C(=O)NCCc4cccs4)cn3)CC1)c(-c1ccccc1)n2C. The second kappa shape index (κ2) is 11.5. The van der Waals surface area contributed by atoms with Gasteiger partial charge in [0.25, 0.3) is 11.8 Å². The number of carbonyl (C=O) groups excluding carboxylic acids is 2. The standard InChI is InChI=1S/C32H32N6O2S/c1-22-10-11-27-25(19-22)29(30(36(27)2)23-7-4-3-5-8-23)32(40)38-16-14-37(15-17-38)28-21-34-26(20-35-28)31(39)33-13-12-24-9-6-18-41-24/h3-11,18-21H,12-17H2,1-2H3,(H,33,39). The van der Waals surface area contributed by atoms with Crippen LogP contribution in [0, 0.1) is 6.92 Å². The van der Waals surface area contributed by atoms with E-state index in [9.17, 15) is 9.59 Å². The zero-order chi connectivity index (χ0) is 28.3. The second-order valence-corrected chi connectivity index (χ2v) is 11.3. The Hall–Kier alpha value is -4.50. The van der Waals surface area contributed by atoms with Gasteiger partial charge < -0.3 is 19.7 Å². The molecule has 2 aromatic carbocycles. The molecule has 0 bridgehead atoms. The molecule has 1 N–H and O–H groups in total. The molecule has 6 rings (SSSR count). The highest BCUT2D eigenvalue weighted by Gasteiger charge is 2.29. The summed E-state index contributed by atoms with van der Waals surface area (Å²) in [5.74, 6) is 0.522. The van der Waals surface area contributed by atoms with Crippen LogP contribution in [0.15, 0.2) is 78.4 Å². The van der Waals surface area contributed by atoms with Crippen molar-refractivity contribution in [3.63, 3.8) is 0 Å². The molecule has 208 valence electrons. The van der Waals surface area contributed by atoms with Crippen molar-refractivity contribution >= 4 is 39.9 Å². The van der Waals surface area contributed by atoms with E-state index < -0.39 is 0 Å². The van der Waals surface area contributed by atoms with Crippen molar-refractivity contribution in [2.75, 3.05) is 37.6 Å². The van der Waals surface area contributed by atoms with Gasteiger partial charge in [-0.25, -0.2) is 9.97 Å². The van der Waals surface area contributed by atoms with Gasteiger partial charge in [0.1, 0.15) is 11.5 Å². The number of amides is 2. The van der Waals surface area contributed by atoms with E-state index in [4.69, 9.17) is 0 Å². The van der Waals surface area contributed by atoms with E-state index in [2.05, 4.69) is 68.1 Å². The molecule has 1 aliphatic rings. The van der Waals surface area contributed by atoms with Crippen LogP contribution >= 0.6 is 11.3 Å². The summed E-state index contributed by atoms with van der Waals surface area (Å²) >= 11 is 1.68. The lowest BCUT2D eigenvalue weighted by atomic mass is 10.0. The molecule has 8 nitrogen and oxygen atoms in total. The van der Waals surface area contributed by atoms with E-state index in [1.165, 1.54) is 11.1 Å². The summed E-state index contributed by atoms with van der Waals surface area (Å²) in [5.41, 5.74) is 5.18. The number of nitrogens with zero attached hydrogens (tertiary/aromatic N) is 5. The van der Waals surface area contributed by atoms with Crippen LogP contribution in [0.2, 0.25) is 0 Å². The Morgan fingerprint density at radius 1 is 0.951 bits per heavy atom. The molecule has 1 aliphatic heterocycles. The molecular weight excluding hydrogens is 532 g/mol. The first-order valence-electron chi connectivity index (χ1n) is 13.8. The number of carbonyl (C=O) groups is 2. The van der Waals surface area contributed by atoms with Crippen LogP contribution < -0.4 is 10.2 Å². The Bertz CT molecular complexity index is 1670. The maximum absolute atomic E-state index is 14.1. The van der Waals surface area contributed by atoms with Crippen molar-refractivity contribution in [2.24, 2.45) is 7.05 Å². The highest BCUT2D eigenvalue weighted by atomic mass is 32.1. The molecule has 0 aliphatic carbocycles. The predicted molar refractivity (Wildman–Crippen MR) is 164 cm³/mol. The van der Waals surface area contributed by atoms with Gasteiger partial charge in [-0.15, -0.1) is 11.3 Å². The van der Waals surface area contributed by atoms with Crippen molar-refractivity contribution in [1.29, 1.82) is 0 Å². The number of anilines is 1. The number of piperazine rings is 1. The van der Waals surface area contributed by atoms with Gasteiger partial charge in [-0.3, -0.25) is 9.59 Å². The summed E-state index contributed by atoms with van der Waals surface area (Å²) in [6.45, 7) is 5.03. The summed E-state index contributed by atoms with van der Waals surface area (Å²) in [6, 6.07) is 20.5. The van der Waals surface area contributed by atoms with E-state index in [1.807, 2.05) is 41.6 Å². The first-order chi connectivity index (χ1) is 20.0. The fourth-order valence-corrected chi connectivity index (χ4v) is 6.16. The molecule has 0 radical (unpaired) electrons. The summed E-state index contributed by atoms with van der Waals surface area (Å²) in [7, 11) is 2.03. The molecule has 1 saturated heterocycles. The lowest BCUT2D eigenvalue weighted by molar-refractivity contribution is 0.0748. The van der Waals surface area contributed by atoms with Gasteiger partial charge in [-0.2, -0.15) is 0 Å². The summed E-state index contributed by atoms with van der Waals surface area (Å²) in [6.07, 6.45) is 3.97. The van der Waals surface area contributed by atoms with Gasteiger partial charge in [-0.1, -0.05) is 48.0 Å². The Morgan fingerprint density at radius 2 is 1.76 bits per heavy atom. The van der Waals surface area contributed by atoms with Crippen molar-refractivity contribution < 1.29 is 9.59 Å². The number of hydrogen-bond donors (Lipinski definition) is 1. The van der Waals surface area contributed by atoms with Gasteiger partial charge in [0, 0.05) is 55.6 Å². The molecule has 4 heterocycles. The third-order valence-corrected chi connectivity index (χ3v) is 8.55. The lowest BCUT2D eigenvalue weighted by Crippen LogP contribution is -2.49. The molecule has 41 heavy (non-hydrogen) atoms. The number of aromatic nitrogens is 3. The first kappa shape index (κ1) is 26.7. The molecule has 0 saturated carbocycles. The average molecular weight is 565 g/mol. The molecule has 5 aromatic rings. The second-order valence-electron chi connectivity index (χ2n) is 10.3. The molecule has 9 heteroatoms. The zero-order valence-corrected chi connectivity index (χ0v) is 24.0. The van der Waals surface area contributed by atoms with E-state index in [1.54, 1.807) is 17.5 Å². The smallest absolute Gasteiger partial charge is 0.271 e. The fourth-order valence-electron chi connectivity index (χ4n) is 5.45. The Labute approximate surface area is 243 Å². The molecule has 0 atom stereocenters. The lowest BCUT2D eigenvalue weighted by Gasteiger charge is -2.35. The summed E-state index contributed by atoms with van der Waals surface area (Å²) in [4.78, 5) is 40.7. The van der Waals surface area contributed by atoms with Gasteiger partial charge in [0.2, 0.25) is 0 Å². The maximum atomic E-state index is 14.1. The number of fused-ring (bicyclic) bond motifs is 1. The normalized spacial score (nSPS) is 13.5. The molecule has 0 spiro atoms. The Balaban J connectivity index is 1.14. The van der Waals surface area contributed by atoms with Crippen molar-refractivity contribution in [3.05, 3.63) is 100 Å². The number of rotatable bonds is 7.